The third-order valence-corrected chi connectivity index (χ3v) is 2.99. The van der Waals surface area contributed by atoms with Crippen LogP contribution in [0.25, 0.3) is 0 Å². The Morgan fingerprint density at radius 3 is 2.55 bits per heavy atom. The van der Waals surface area contributed by atoms with E-state index in [0.717, 1.165) is 5.69 Å². The standard InChI is InChI=1S/C15H14N2O3/c1-10-7-13(20-14(10)15(18)19)9-17(2)12-5-3-11(8-16)4-6-12/h3-7H,9H2,1-2H3,(H,18,19). The maximum atomic E-state index is 10.9. The fraction of sp³-hybridized carbons (Fsp3) is 0.200. The number of nitriles is 1. The molecule has 2 aromatic rings. The SMILES string of the molecule is Cc1cc(CN(C)c2ccc(C#N)cc2)oc1C(=O)O. The van der Waals surface area contributed by atoms with E-state index in [4.69, 9.17) is 14.8 Å². The van der Waals surface area contributed by atoms with Crippen LogP contribution in [0.2, 0.25) is 0 Å². The molecular weight excluding hydrogens is 256 g/mol. The summed E-state index contributed by atoms with van der Waals surface area (Å²) < 4.78 is 5.32. The van der Waals surface area contributed by atoms with Gasteiger partial charge in [-0.05, 0) is 37.3 Å². The van der Waals surface area contributed by atoms with Crippen LogP contribution in [0.4, 0.5) is 5.69 Å². The van der Waals surface area contributed by atoms with Gasteiger partial charge >= 0.3 is 5.97 Å². The normalized spacial score (nSPS) is 10.1. The van der Waals surface area contributed by atoms with Gasteiger partial charge in [-0.2, -0.15) is 5.26 Å². The number of benzene rings is 1. The van der Waals surface area contributed by atoms with Crippen molar-refractivity contribution in [2.45, 2.75) is 13.5 Å². The molecule has 0 amide bonds. The van der Waals surface area contributed by atoms with Gasteiger partial charge < -0.3 is 14.4 Å². The van der Waals surface area contributed by atoms with Gasteiger partial charge in [0.05, 0.1) is 18.2 Å². The summed E-state index contributed by atoms with van der Waals surface area (Å²) in [6.07, 6.45) is 0. The van der Waals surface area contributed by atoms with Crippen molar-refractivity contribution in [3.63, 3.8) is 0 Å². The summed E-state index contributed by atoms with van der Waals surface area (Å²) >= 11 is 0. The fourth-order valence-electron chi connectivity index (χ4n) is 1.95. The van der Waals surface area contributed by atoms with Crippen molar-refractivity contribution < 1.29 is 14.3 Å². The van der Waals surface area contributed by atoms with Crippen LogP contribution in [-0.2, 0) is 6.54 Å². The number of hydrogen-bond acceptors (Lipinski definition) is 4. The lowest BCUT2D eigenvalue weighted by molar-refractivity contribution is 0.0659. The molecule has 1 aromatic heterocycles. The minimum atomic E-state index is -1.06. The first-order valence-electron chi connectivity index (χ1n) is 6.05. The number of carboxylic acids is 1. The zero-order valence-corrected chi connectivity index (χ0v) is 11.3. The Morgan fingerprint density at radius 2 is 2.05 bits per heavy atom. The van der Waals surface area contributed by atoms with Gasteiger partial charge in [-0.25, -0.2) is 4.79 Å². The van der Waals surface area contributed by atoms with Gasteiger partial charge in [-0.1, -0.05) is 0 Å². The maximum absolute atomic E-state index is 10.9. The van der Waals surface area contributed by atoms with E-state index in [9.17, 15) is 4.79 Å². The van der Waals surface area contributed by atoms with E-state index in [1.807, 2.05) is 24.1 Å². The maximum Gasteiger partial charge on any atom is 0.372 e. The molecule has 1 aromatic carbocycles. The van der Waals surface area contributed by atoms with Crippen molar-refractivity contribution in [3.05, 3.63) is 53.0 Å². The molecule has 5 heteroatoms. The van der Waals surface area contributed by atoms with Crippen LogP contribution in [0.5, 0.6) is 0 Å². The van der Waals surface area contributed by atoms with Crippen LogP contribution in [0.15, 0.2) is 34.7 Å². The van der Waals surface area contributed by atoms with Crippen LogP contribution in [-0.4, -0.2) is 18.1 Å². The summed E-state index contributed by atoms with van der Waals surface area (Å²) in [6.45, 7) is 2.16. The Bertz CT molecular complexity index is 665. The summed E-state index contributed by atoms with van der Waals surface area (Å²) in [6, 6.07) is 10.9. The van der Waals surface area contributed by atoms with Crippen LogP contribution >= 0.6 is 0 Å². The Hall–Kier alpha value is -2.74. The molecule has 1 heterocycles. The highest BCUT2D eigenvalue weighted by atomic mass is 16.4. The van der Waals surface area contributed by atoms with Gasteiger partial charge in [0.15, 0.2) is 0 Å². The van der Waals surface area contributed by atoms with Gasteiger partial charge in [0.2, 0.25) is 5.76 Å². The number of rotatable bonds is 4. The number of hydrogen-bond donors (Lipinski definition) is 1. The van der Waals surface area contributed by atoms with Gasteiger partial charge in [-0.3, -0.25) is 0 Å². The summed E-state index contributed by atoms with van der Waals surface area (Å²) in [4.78, 5) is 12.8. The van der Waals surface area contributed by atoms with Crippen molar-refractivity contribution in [2.24, 2.45) is 0 Å². The number of aryl methyl sites for hydroxylation is 1. The quantitative estimate of drug-likeness (QED) is 0.924. The average Bonchev–Trinajstić information content (AvgIpc) is 2.79. The van der Waals surface area contributed by atoms with Crippen molar-refractivity contribution in [3.8, 4) is 6.07 Å². The molecule has 0 saturated heterocycles. The van der Waals surface area contributed by atoms with Gasteiger partial charge in [-0.15, -0.1) is 0 Å². The molecule has 0 atom stereocenters. The highest BCUT2D eigenvalue weighted by molar-refractivity contribution is 5.86. The molecule has 0 bridgehead atoms. The number of carbonyl (C=O) groups is 1. The molecule has 0 aliphatic heterocycles. The van der Waals surface area contributed by atoms with Gasteiger partial charge in [0.25, 0.3) is 0 Å². The molecule has 0 spiro atoms. The first-order valence-corrected chi connectivity index (χ1v) is 6.05. The zero-order chi connectivity index (χ0) is 14.7. The second kappa shape index (κ2) is 5.49. The lowest BCUT2D eigenvalue weighted by Gasteiger charge is -2.17. The van der Waals surface area contributed by atoms with Crippen molar-refractivity contribution in [2.75, 3.05) is 11.9 Å². The second-order valence-electron chi connectivity index (χ2n) is 4.54. The molecule has 2 rings (SSSR count). The van der Waals surface area contributed by atoms with Crippen LogP contribution < -0.4 is 4.90 Å². The molecule has 0 radical (unpaired) electrons. The average molecular weight is 270 g/mol. The lowest BCUT2D eigenvalue weighted by atomic mass is 10.2. The van der Waals surface area contributed by atoms with E-state index in [1.165, 1.54) is 0 Å². The minimum Gasteiger partial charge on any atom is -0.475 e. The molecular formula is C15H14N2O3. The Morgan fingerprint density at radius 1 is 1.40 bits per heavy atom. The molecule has 0 unspecified atom stereocenters. The fourth-order valence-corrected chi connectivity index (χ4v) is 1.95. The minimum absolute atomic E-state index is 0.0202. The van der Waals surface area contributed by atoms with E-state index < -0.39 is 5.97 Å². The third-order valence-electron chi connectivity index (χ3n) is 2.99. The first kappa shape index (κ1) is 13.7. The van der Waals surface area contributed by atoms with Crippen LogP contribution in [0.3, 0.4) is 0 Å². The van der Waals surface area contributed by atoms with Crippen molar-refractivity contribution in [1.29, 1.82) is 5.26 Å². The second-order valence-corrected chi connectivity index (χ2v) is 4.54. The largest absolute Gasteiger partial charge is 0.475 e. The zero-order valence-electron chi connectivity index (χ0n) is 11.3. The van der Waals surface area contributed by atoms with Crippen LogP contribution in [0, 0.1) is 18.3 Å². The van der Waals surface area contributed by atoms with E-state index in [0.29, 0.717) is 23.4 Å². The predicted octanol–water partition coefficient (Wildman–Crippen LogP) is 2.79. The molecule has 0 fully saturated rings. The van der Waals surface area contributed by atoms with Crippen molar-refractivity contribution >= 4 is 11.7 Å². The van der Waals surface area contributed by atoms with Gasteiger partial charge in [0.1, 0.15) is 5.76 Å². The Balaban J connectivity index is 2.14. The summed E-state index contributed by atoms with van der Waals surface area (Å²) in [5, 5.41) is 17.7. The third kappa shape index (κ3) is 2.81. The Labute approximate surface area is 116 Å². The number of anilines is 1. The summed E-state index contributed by atoms with van der Waals surface area (Å²) in [7, 11) is 1.87. The molecule has 0 aliphatic rings. The molecule has 102 valence electrons. The van der Waals surface area contributed by atoms with Crippen LogP contribution in [0.1, 0.15) is 27.4 Å². The Kier molecular flexibility index (Phi) is 3.76. The highest BCUT2D eigenvalue weighted by Gasteiger charge is 2.15. The van der Waals surface area contributed by atoms with Crippen molar-refractivity contribution in [1.82, 2.24) is 0 Å². The number of aromatic carboxylic acids is 1. The van der Waals surface area contributed by atoms with E-state index in [-0.39, 0.29) is 5.76 Å². The number of furan rings is 1. The van der Waals surface area contributed by atoms with Gasteiger partial charge in [0, 0.05) is 18.3 Å². The predicted molar refractivity (Wildman–Crippen MR) is 73.7 cm³/mol. The number of nitrogens with zero attached hydrogens (tertiary/aromatic N) is 2. The van der Waals surface area contributed by atoms with E-state index in [2.05, 4.69) is 6.07 Å². The molecule has 20 heavy (non-hydrogen) atoms. The topological polar surface area (TPSA) is 77.5 Å². The molecule has 1 N–H and O–H groups in total. The monoisotopic (exact) mass is 270 g/mol. The van der Waals surface area contributed by atoms with E-state index >= 15 is 0 Å². The summed E-state index contributed by atoms with van der Waals surface area (Å²) in [5.74, 6) is -0.491. The summed E-state index contributed by atoms with van der Waals surface area (Å²) in [5.41, 5.74) is 2.14. The first-order chi connectivity index (χ1) is 9.51. The number of carboxylic acid groups (broad SMARTS) is 1. The molecule has 0 aliphatic carbocycles. The highest BCUT2D eigenvalue weighted by Crippen LogP contribution is 2.20. The smallest absolute Gasteiger partial charge is 0.372 e. The molecule has 0 saturated carbocycles. The molecule has 5 nitrogen and oxygen atoms in total. The van der Waals surface area contributed by atoms with E-state index in [1.54, 1.807) is 25.1 Å². The lowest BCUT2D eigenvalue weighted by Crippen LogP contribution is -2.15.